The van der Waals surface area contributed by atoms with E-state index in [2.05, 4.69) is 16.7 Å². The first-order chi connectivity index (χ1) is 11.4. The number of carbonyl (C=O) groups is 2. The van der Waals surface area contributed by atoms with Crippen LogP contribution in [0, 0.1) is 5.92 Å². The molecule has 140 valence electrons. The molecule has 0 radical (unpaired) electrons. The SMILES string of the molecule is CC(C)C(C)(CN)NC(=O)CNC(=O)N1CCc2ccccc2C1.Cl. The maximum Gasteiger partial charge on any atom is 0.318 e. The molecule has 1 aromatic rings. The molecule has 0 aromatic heterocycles. The summed E-state index contributed by atoms with van der Waals surface area (Å²) in [6.45, 7) is 7.49. The number of amides is 3. The van der Waals surface area contributed by atoms with Gasteiger partial charge in [0.15, 0.2) is 0 Å². The van der Waals surface area contributed by atoms with E-state index in [-0.39, 0.29) is 36.8 Å². The summed E-state index contributed by atoms with van der Waals surface area (Å²) in [6.07, 6.45) is 0.842. The Kier molecular flexibility index (Phi) is 7.70. The molecule has 1 unspecified atom stereocenters. The third-order valence-electron chi connectivity index (χ3n) is 4.94. The van der Waals surface area contributed by atoms with Crippen molar-refractivity contribution in [2.75, 3.05) is 19.6 Å². The highest BCUT2D eigenvalue weighted by molar-refractivity contribution is 5.85. The number of carbonyl (C=O) groups excluding carboxylic acids is 2. The lowest BCUT2D eigenvalue weighted by molar-refractivity contribution is -0.122. The quantitative estimate of drug-likeness (QED) is 0.738. The summed E-state index contributed by atoms with van der Waals surface area (Å²) in [5.74, 6) is -0.0110. The van der Waals surface area contributed by atoms with Gasteiger partial charge in [0.05, 0.1) is 12.1 Å². The van der Waals surface area contributed by atoms with E-state index in [4.69, 9.17) is 5.73 Å². The van der Waals surface area contributed by atoms with Crippen LogP contribution in [0.15, 0.2) is 24.3 Å². The minimum absolute atomic E-state index is 0. The van der Waals surface area contributed by atoms with Gasteiger partial charge in [-0.3, -0.25) is 4.79 Å². The highest BCUT2D eigenvalue weighted by Gasteiger charge is 2.28. The normalized spacial score (nSPS) is 15.6. The Morgan fingerprint density at radius 1 is 1.28 bits per heavy atom. The fraction of sp³-hybridized carbons (Fsp3) is 0.556. The van der Waals surface area contributed by atoms with Gasteiger partial charge in [-0.05, 0) is 30.4 Å². The highest BCUT2D eigenvalue weighted by atomic mass is 35.5. The van der Waals surface area contributed by atoms with Crippen LogP contribution in [0.3, 0.4) is 0 Å². The summed E-state index contributed by atoms with van der Waals surface area (Å²) < 4.78 is 0. The molecule has 4 N–H and O–H groups in total. The van der Waals surface area contributed by atoms with Crippen molar-refractivity contribution < 1.29 is 9.59 Å². The minimum atomic E-state index is -0.466. The second kappa shape index (κ2) is 9.06. The number of nitrogens with zero attached hydrogens (tertiary/aromatic N) is 1. The summed E-state index contributed by atoms with van der Waals surface area (Å²) in [4.78, 5) is 26.1. The highest BCUT2D eigenvalue weighted by Crippen LogP contribution is 2.18. The number of fused-ring (bicyclic) bond motifs is 1. The summed E-state index contributed by atoms with van der Waals surface area (Å²) in [5.41, 5.74) is 7.75. The molecule has 0 spiro atoms. The van der Waals surface area contributed by atoms with E-state index >= 15 is 0 Å². The molecule has 0 bridgehead atoms. The topological polar surface area (TPSA) is 87.5 Å². The van der Waals surface area contributed by atoms with E-state index in [1.165, 1.54) is 11.1 Å². The number of hydrogen-bond donors (Lipinski definition) is 3. The predicted molar refractivity (Wildman–Crippen MR) is 102 cm³/mol. The zero-order valence-electron chi connectivity index (χ0n) is 15.2. The average molecular weight is 369 g/mol. The molecule has 2 rings (SSSR count). The summed E-state index contributed by atoms with van der Waals surface area (Å²) >= 11 is 0. The minimum Gasteiger partial charge on any atom is -0.348 e. The molecule has 1 heterocycles. The number of nitrogens with one attached hydrogen (secondary N) is 2. The van der Waals surface area contributed by atoms with Crippen LogP contribution in [-0.4, -0.2) is 42.0 Å². The first-order valence-corrected chi connectivity index (χ1v) is 8.46. The van der Waals surface area contributed by atoms with Crippen LogP contribution in [0.2, 0.25) is 0 Å². The molecule has 1 aliphatic rings. The van der Waals surface area contributed by atoms with Crippen molar-refractivity contribution >= 4 is 24.3 Å². The maximum absolute atomic E-state index is 12.3. The second-order valence-electron chi connectivity index (χ2n) is 6.92. The van der Waals surface area contributed by atoms with Gasteiger partial charge < -0.3 is 21.3 Å². The smallest absolute Gasteiger partial charge is 0.318 e. The Labute approximate surface area is 155 Å². The van der Waals surface area contributed by atoms with Gasteiger partial charge in [-0.15, -0.1) is 12.4 Å². The lowest BCUT2D eigenvalue weighted by atomic mass is 9.88. The fourth-order valence-electron chi connectivity index (χ4n) is 2.73. The van der Waals surface area contributed by atoms with Gasteiger partial charge in [0, 0.05) is 19.6 Å². The standard InChI is InChI=1S/C18H28N4O2.ClH/c1-13(2)18(3,12-19)21-16(23)10-20-17(24)22-9-8-14-6-4-5-7-15(14)11-22;/h4-7,13H,8-12,19H2,1-3H3,(H,20,24)(H,21,23);1H. The Morgan fingerprint density at radius 3 is 2.52 bits per heavy atom. The van der Waals surface area contributed by atoms with Crippen LogP contribution < -0.4 is 16.4 Å². The third kappa shape index (κ3) is 5.34. The first-order valence-electron chi connectivity index (χ1n) is 8.46. The van der Waals surface area contributed by atoms with Gasteiger partial charge in [0.1, 0.15) is 0 Å². The van der Waals surface area contributed by atoms with Gasteiger partial charge in [0.2, 0.25) is 5.91 Å². The number of halogens is 1. The van der Waals surface area contributed by atoms with E-state index in [1.54, 1.807) is 4.90 Å². The van der Waals surface area contributed by atoms with Crippen molar-refractivity contribution in [3.05, 3.63) is 35.4 Å². The number of rotatable bonds is 5. The van der Waals surface area contributed by atoms with Crippen molar-refractivity contribution in [3.63, 3.8) is 0 Å². The van der Waals surface area contributed by atoms with E-state index < -0.39 is 5.54 Å². The fourth-order valence-corrected chi connectivity index (χ4v) is 2.73. The zero-order valence-corrected chi connectivity index (χ0v) is 16.0. The van der Waals surface area contributed by atoms with Gasteiger partial charge in [-0.25, -0.2) is 4.79 Å². The third-order valence-corrected chi connectivity index (χ3v) is 4.94. The maximum atomic E-state index is 12.3. The Bertz CT molecular complexity index is 608. The van der Waals surface area contributed by atoms with Crippen LogP contribution >= 0.6 is 12.4 Å². The zero-order chi connectivity index (χ0) is 17.7. The first kappa shape index (κ1) is 21.3. The Balaban J connectivity index is 0.00000312. The monoisotopic (exact) mass is 368 g/mol. The molecule has 1 atom stereocenters. The predicted octanol–water partition coefficient (Wildman–Crippen LogP) is 1.67. The van der Waals surface area contributed by atoms with Gasteiger partial charge >= 0.3 is 6.03 Å². The van der Waals surface area contributed by atoms with Crippen LogP contribution in [0.5, 0.6) is 0 Å². The molecular formula is C18H29ClN4O2. The summed E-state index contributed by atoms with van der Waals surface area (Å²) in [5, 5.41) is 5.62. The molecule has 1 aromatic carbocycles. The molecule has 25 heavy (non-hydrogen) atoms. The number of benzene rings is 1. The van der Waals surface area contributed by atoms with E-state index in [0.29, 0.717) is 19.6 Å². The van der Waals surface area contributed by atoms with Gasteiger partial charge in [-0.1, -0.05) is 38.1 Å². The molecule has 1 aliphatic heterocycles. The number of nitrogens with two attached hydrogens (primary N) is 1. The second-order valence-corrected chi connectivity index (χ2v) is 6.92. The van der Waals surface area contributed by atoms with Crippen LogP contribution in [0.1, 0.15) is 31.9 Å². The van der Waals surface area contributed by atoms with Crippen molar-refractivity contribution in [2.24, 2.45) is 11.7 Å². The molecule has 6 nitrogen and oxygen atoms in total. The molecular weight excluding hydrogens is 340 g/mol. The summed E-state index contributed by atoms with van der Waals surface area (Å²) in [6, 6.07) is 7.92. The number of urea groups is 1. The Hall–Kier alpha value is -1.79. The average Bonchev–Trinajstić information content (AvgIpc) is 2.58. The molecule has 0 saturated carbocycles. The van der Waals surface area contributed by atoms with E-state index in [0.717, 1.165) is 6.42 Å². The Morgan fingerprint density at radius 2 is 1.92 bits per heavy atom. The van der Waals surface area contributed by atoms with Crippen LogP contribution in [-0.2, 0) is 17.8 Å². The molecule has 0 saturated heterocycles. The lowest BCUT2D eigenvalue weighted by Crippen LogP contribution is -2.57. The molecule has 0 aliphatic carbocycles. The van der Waals surface area contributed by atoms with Crippen molar-refractivity contribution in [3.8, 4) is 0 Å². The van der Waals surface area contributed by atoms with Crippen molar-refractivity contribution in [1.82, 2.24) is 15.5 Å². The lowest BCUT2D eigenvalue weighted by Gasteiger charge is -2.34. The van der Waals surface area contributed by atoms with Gasteiger partial charge in [0.25, 0.3) is 0 Å². The molecule has 7 heteroatoms. The summed E-state index contributed by atoms with van der Waals surface area (Å²) in [7, 11) is 0. The van der Waals surface area contributed by atoms with Crippen LogP contribution in [0.4, 0.5) is 4.79 Å². The van der Waals surface area contributed by atoms with Crippen molar-refractivity contribution in [2.45, 2.75) is 39.3 Å². The van der Waals surface area contributed by atoms with Crippen molar-refractivity contribution in [1.29, 1.82) is 0 Å². The molecule has 3 amide bonds. The van der Waals surface area contributed by atoms with Crippen LogP contribution in [0.25, 0.3) is 0 Å². The number of hydrogen-bond acceptors (Lipinski definition) is 3. The largest absolute Gasteiger partial charge is 0.348 e. The van der Waals surface area contributed by atoms with E-state index in [9.17, 15) is 9.59 Å². The van der Waals surface area contributed by atoms with E-state index in [1.807, 2.05) is 39.0 Å². The van der Waals surface area contributed by atoms with Gasteiger partial charge in [-0.2, -0.15) is 0 Å². The molecule has 0 fully saturated rings.